The quantitative estimate of drug-likeness (QED) is 0.723. The lowest BCUT2D eigenvalue weighted by Gasteiger charge is -2.09. The van der Waals surface area contributed by atoms with Gasteiger partial charge >= 0.3 is 5.97 Å². The number of ether oxygens (including phenoxy) is 1. The fourth-order valence-electron chi connectivity index (χ4n) is 2.04. The van der Waals surface area contributed by atoms with Crippen LogP contribution in [0.5, 0.6) is 0 Å². The summed E-state index contributed by atoms with van der Waals surface area (Å²) in [6.45, 7) is 0.0288. The number of carbonyl (C=O) groups excluding carboxylic acids is 1. The lowest BCUT2D eigenvalue weighted by Crippen LogP contribution is -2.29. The largest absolute Gasteiger partial charge is 0.480 e. The van der Waals surface area contributed by atoms with Crippen LogP contribution in [0, 0.1) is 0 Å². The first-order valence-electron chi connectivity index (χ1n) is 6.23. The molecule has 1 amide bonds. The molecule has 0 atom stereocenters. The number of hydrogen-bond acceptors (Lipinski definition) is 5. The molecule has 0 fully saturated rings. The Kier molecular flexibility index (Phi) is 4.51. The van der Waals surface area contributed by atoms with E-state index < -0.39 is 5.97 Å². The molecule has 0 saturated carbocycles. The molecule has 104 valence electrons. The number of rotatable bonds is 6. The summed E-state index contributed by atoms with van der Waals surface area (Å²) in [7, 11) is 0. The average molecular weight is 268 g/mol. The number of carbonyl (C=O) groups is 2. The van der Waals surface area contributed by atoms with Crippen LogP contribution in [0.2, 0.25) is 0 Å². The number of hydrogen-bond donors (Lipinski definition) is 2. The van der Waals surface area contributed by atoms with Crippen LogP contribution < -0.4 is 5.32 Å². The smallest absolute Gasteiger partial charge is 0.329 e. The number of nitrogens with zero attached hydrogens (tertiary/aromatic N) is 1. The van der Waals surface area contributed by atoms with Crippen molar-refractivity contribution in [3.8, 4) is 0 Å². The molecule has 1 aromatic rings. The average Bonchev–Trinajstić information content (AvgIpc) is 2.81. The number of nitrogens with one attached hydrogen (secondary N) is 1. The second-order valence-corrected chi connectivity index (χ2v) is 4.34. The third-order valence-electron chi connectivity index (χ3n) is 2.92. The molecule has 7 nitrogen and oxygen atoms in total. The van der Waals surface area contributed by atoms with Crippen molar-refractivity contribution in [3.63, 3.8) is 0 Å². The van der Waals surface area contributed by atoms with Crippen LogP contribution in [0.1, 0.15) is 34.7 Å². The van der Waals surface area contributed by atoms with E-state index in [9.17, 15) is 9.59 Å². The lowest BCUT2D eigenvalue weighted by molar-refractivity contribution is -0.142. The maximum absolute atomic E-state index is 11.9. The Balaban J connectivity index is 1.80. The van der Waals surface area contributed by atoms with Crippen LogP contribution in [-0.4, -0.2) is 41.9 Å². The van der Waals surface area contributed by atoms with Crippen LogP contribution in [0.15, 0.2) is 4.52 Å². The highest BCUT2D eigenvalue weighted by Crippen LogP contribution is 2.23. The summed E-state index contributed by atoms with van der Waals surface area (Å²) in [6.07, 6.45) is 3.75. The fourth-order valence-corrected chi connectivity index (χ4v) is 2.04. The molecule has 19 heavy (non-hydrogen) atoms. The monoisotopic (exact) mass is 268 g/mol. The number of aliphatic carboxylic acids is 1. The number of fused-ring (bicyclic) bond motifs is 1. The van der Waals surface area contributed by atoms with E-state index in [1.807, 2.05) is 0 Å². The van der Waals surface area contributed by atoms with Crippen molar-refractivity contribution in [2.75, 3.05) is 19.8 Å². The van der Waals surface area contributed by atoms with Crippen LogP contribution in [0.4, 0.5) is 0 Å². The SMILES string of the molecule is O=C(O)COCCNC(=O)c1noc2c1CCCC2. The highest BCUT2D eigenvalue weighted by Gasteiger charge is 2.23. The summed E-state index contributed by atoms with van der Waals surface area (Å²) in [5, 5.41) is 14.8. The molecule has 7 heteroatoms. The van der Waals surface area contributed by atoms with Gasteiger partial charge in [0.2, 0.25) is 0 Å². The molecular formula is C12H16N2O5. The second kappa shape index (κ2) is 6.33. The normalized spacial score (nSPS) is 13.9. The van der Waals surface area contributed by atoms with Crippen molar-refractivity contribution in [2.24, 2.45) is 0 Å². The van der Waals surface area contributed by atoms with Gasteiger partial charge in [-0.3, -0.25) is 4.79 Å². The summed E-state index contributed by atoms with van der Waals surface area (Å²) in [5.41, 5.74) is 1.24. The van der Waals surface area contributed by atoms with Gasteiger partial charge in [0.25, 0.3) is 5.91 Å². The highest BCUT2D eigenvalue weighted by atomic mass is 16.5. The summed E-state index contributed by atoms with van der Waals surface area (Å²) < 4.78 is 9.96. The van der Waals surface area contributed by atoms with Crippen molar-refractivity contribution in [1.29, 1.82) is 0 Å². The first-order valence-corrected chi connectivity index (χ1v) is 6.23. The third kappa shape index (κ3) is 3.54. The molecule has 0 aliphatic heterocycles. The van der Waals surface area contributed by atoms with Gasteiger partial charge in [0, 0.05) is 18.5 Å². The molecule has 0 spiro atoms. The van der Waals surface area contributed by atoms with Crippen molar-refractivity contribution in [3.05, 3.63) is 17.0 Å². The van der Waals surface area contributed by atoms with E-state index >= 15 is 0 Å². The van der Waals surface area contributed by atoms with Gasteiger partial charge < -0.3 is 19.7 Å². The van der Waals surface area contributed by atoms with Crippen LogP contribution in [-0.2, 0) is 22.4 Å². The first-order chi connectivity index (χ1) is 9.18. The Labute approximate surface area is 109 Å². The minimum Gasteiger partial charge on any atom is -0.480 e. The minimum absolute atomic E-state index is 0.151. The van der Waals surface area contributed by atoms with E-state index in [1.165, 1.54) is 0 Å². The van der Waals surface area contributed by atoms with Crippen molar-refractivity contribution >= 4 is 11.9 Å². The predicted molar refractivity (Wildman–Crippen MR) is 63.9 cm³/mol. The van der Waals surface area contributed by atoms with Gasteiger partial charge in [0.1, 0.15) is 12.4 Å². The van der Waals surface area contributed by atoms with Gasteiger partial charge in [-0.15, -0.1) is 0 Å². The zero-order chi connectivity index (χ0) is 13.7. The Bertz CT molecular complexity index is 469. The van der Waals surface area contributed by atoms with Crippen molar-refractivity contribution in [1.82, 2.24) is 10.5 Å². The molecule has 0 bridgehead atoms. The molecule has 1 aromatic heterocycles. The summed E-state index contributed by atoms with van der Waals surface area (Å²) >= 11 is 0. The van der Waals surface area contributed by atoms with E-state index in [2.05, 4.69) is 10.5 Å². The molecule has 1 heterocycles. The van der Waals surface area contributed by atoms with E-state index in [4.69, 9.17) is 14.4 Å². The number of carboxylic acid groups (broad SMARTS) is 1. The molecule has 0 unspecified atom stereocenters. The molecule has 2 N–H and O–H groups in total. The topological polar surface area (TPSA) is 102 Å². The van der Waals surface area contributed by atoms with Gasteiger partial charge in [-0.1, -0.05) is 5.16 Å². The zero-order valence-corrected chi connectivity index (χ0v) is 10.5. The standard InChI is InChI=1S/C12H16N2O5/c15-10(16)7-18-6-5-13-12(17)11-8-3-1-2-4-9(8)19-14-11/h1-7H2,(H,13,17)(H,15,16). The number of amides is 1. The number of carboxylic acids is 1. The maximum atomic E-state index is 11.9. The molecule has 0 aromatic carbocycles. The Hall–Kier alpha value is -1.89. The predicted octanol–water partition coefficient (Wildman–Crippen LogP) is 0.384. The lowest BCUT2D eigenvalue weighted by atomic mass is 9.96. The maximum Gasteiger partial charge on any atom is 0.329 e. The van der Waals surface area contributed by atoms with Crippen molar-refractivity contribution < 1.29 is 24.0 Å². The molecule has 2 rings (SSSR count). The molecule has 1 aliphatic carbocycles. The first kappa shape index (κ1) is 13.5. The molecule has 1 aliphatic rings. The fraction of sp³-hybridized carbons (Fsp3) is 0.583. The van der Waals surface area contributed by atoms with Crippen LogP contribution in [0.25, 0.3) is 0 Å². The van der Waals surface area contributed by atoms with Crippen molar-refractivity contribution in [2.45, 2.75) is 25.7 Å². The highest BCUT2D eigenvalue weighted by molar-refractivity contribution is 5.93. The van der Waals surface area contributed by atoms with Gasteiger partial charge in [0.05, 0.1) is 6.61 Å². The summed E-state index contributed by atoms with van der Waals surface area (Å²) in [6, 6.07) is 0. The molecule has 0 saturated heterocycles. The summed E-state index contributed by atoms with van der Waals surface area (Å²) in [4.78, 5) is 22.1. The Morgan fingerprint density at radius 3 is 2.95 bits per heavy atom. The van der Waals surface area contributed by atoms with E-state index in [1.54, 1.807) is 0 Å². The van der Waals surface area contributed by atoms with Gasteiger partial charge in [0.15, 0.2) is 5.69 Å². The number of aryl methyl sites for hydroxylation is 1. The molecular weight excluding hydrogens is 252 g/mol. The zero-order valence-electron chi connectivity index (χ0n) is 10.5. The van der Waals surface area contributed by atoms with Crippen LogP contribution in [0.3, 0.4) is 0 Å². The van der Waals surface area contributed by atoms with E-state index in [-0.39, 0.29) is 25.7 Å². The Morgan fingerprint density at radius 2 is 2.16 bits per heavy atom. The minimum atomic E-state index is -1.03. The van der Waals surface area contributed by atoms with Gasteiger partial charge in [-0.05, 0) is 19.3 Å². The number of aromatic nitrogens is 1. The van der Waals surface area contributed by atoms with Gasteiger partial charge in [-0.2, -0.15) is 0 Å². The summed E-state index contributed by atoms with van der Waals surface area (Å²) in [5.74, 6) is -0.527. The van der Waals surface area contributed by atoms with Gasteiger partial charge in [-0.25, -0.2) is 4.79 Å². The van der Waals surface area contributed by atoms with Crippen LogP contribution >= 0.6 is 0 Å². The molecule has 0 radical (unpaired) electrons. The second-order valence-electron chi connectivity index (χ2n) is 4.34. The van der Waals surface area contributed by atoms with E-state index in [0.29, 0.717) is 5.69 Å². The third-order valence-corrected chi connectivity index (χ3v) is 2.92. The Morgan fingerprint density at radius 1 is 1.37 bits per heavy atom. The van der Waals surface area contributed by atoms with E-state index in [0.717, 1.165) is 37.0 Å².